The van der Waals surface area contributed by atoms with Crippen LogP contribution in [0.15, 0.2) is 23.1 Å². The van der Waals surface area contributed by atoms with Gasteiger partial charge in [-0.1, -0.05) is 0 Å². The highest BCUT2D eigenvalue weighted by Gasteiger charge is 2.22. The van der Waals surface area contributed by atoms with Crippen molar-refractivity contribution in [1.29, 1.82) is 0 Å². The Balaban J connectivity index is 2.90. The number of carboxylic acid groups (broad SMARTS) is 1. The Kier molecular flexibility index (Phi) is 3.44. The molecule has 0 spiro atoms. The van der Waals surface area contributed by atoms with Gasteiger partial charge in [-0.15, -0.1) is 0 Å². The largest absolute Gasteiger partial charge is 0.480 e. The number of carbonyl (C=O) groups excluding carboxylic acids is 1. The highest BCUT2D eigenvalue weighted by molar-refractivity contribution is 5.96. The monoisotopic (exact) mass is 224 g/mol. The first-order valence-corrected chi connectivity index (χ1v) is 4.62. The molecule has 1 rings (SSSR count). The molecule has 6 heteroatoms. The Morgan fingerprint density at radius 1 is 1.44 bits per heavy atom. The standard InChI is InChI=1S/C10H12N2O4/c1-6(10(15)16)12(2)9(14)7-3-4-8(13)11-5-7/h3-6H,1-2H3,(H,11,13)(H,15,16). The van der Waals surface area contributed by atoms with Gasteiger partial charge in [0.1, 0.15) is 6.04 Å². The lowest BCUT2D eigenvalue weighted by Crippen LogP contribution is -2.40. The summed E-state index contributed by atoms with van der Waals surface area (Å²) in [6.07, 6.45) is 1.26. The normalized spacial score (nSPS) is 11.9. The van der Waals surface area contributed by atoms with E-state index in [1.165, 1.54) is 32.3 Å². The molecule has 86 valence electrons. The van der Waals surface area contributed by atoms with Gasteiger partial charge in [0.25, 0.3) is 5.91 Å². The number of nitrogens with zero attached hydrogens (tertiary/aromatic N) is 1. The summed E-state index contributed by atoms with van der Waals surface area (Å²) in [6.45, 7) is 1.41. The number of aromatic amines is 1. The van der Waals surface area contributed by atoms with Gasteiger partial charge < -0.3 is 15.0 Å². The Morgan fingerprint density at radius 2 is 2.06 bits per heavy atom. The SMILES string of the molecule is CC(C(=O)O)N(C)C(=O)c1ccc(=O)[nH]c1. The van der Waals surface area contributed by atoms with Crippen LogP contribution >= 0.6 is 0 Å². The first-order chi connectivity index (χ1) is 7.43. The maximum Gasteiger partial charge on any atom is 0.326 e. The van der Waals surface area contributed by atoms with Crippen LogP contribution in [0.25, 0.3) is 0 Å². The summed E-state index contributed by atoms with van der Waals surface area (Å²) < 4.78 is 0. The number of carboxylic acids is 1. The molecule has 0 radical (unpaired) electrons. The number of pyridine rings is 1. The Hall–Kier alpha value is -2.11. The Morgan fingerprint density at radius 3 is 2.50 bits per heavy atom. The lowest BCUT2D eigenvalue weighted by Gasteiger charge is -2.21. The number of H-pyrrole nitrogens is 1. The third kappa shape index (κ3) is 2.47. The summed E-state index contributed by atoms with van der Waals surface area (Å²) in [7, 11) is 1.40. The van der Waals surface area contributed by atoms with Crippen molar-refractivity contribution in [1.82, 2.24) is 9.88 Å². The summed E-state index contributed by atoms with van der Waals surface area (Å²) in [5.74, 6) is -1.54. The highest BCUT2D eigenvalue weighted by Crippen LogP contribution is 2.04. The quantitative estimate of drug-likeness (QED) is 0.751. The van der Waals surface area contributed by atoms with Crippen molar-refractivity contribution in [3.63, 3.8) is 0 Å². The third-order valence-electron chi connectivity index (χ3n) is 2.29. The maximum absolute atomic E-state index is 11.7. The molecule has 1 aromatic heterocycles. The summed E-state index contributed by atoms with van der Waals surface area (Å²) in [4.78, 5) is 36.6. The van der Waals surface area contributed by atoms with Crippen LogP contribution in [-0.2, 0) is 4.79 Å². The molecule has 6 nitrogen and oxygen atoms in total. The van der Waals surface area contributed by atoms with Crippen molar-refractivity contribution in [2.75, 3.05) is 7.05 Å². The average molecular weight is 224 g/mol. The number of hydrogen-bond donors (Lipinski definition) is 2. The van der Waals surface area contributed by atoms with Gasteiger partial charge in [0.05, 0.1) is 5.56 Å². The minimum absolute atomic E-state index is 0.246. The van der Waals surface area contributed by atoms with Crippen molar-refractivity contribution >= 4 is 11.9 Å². The van der Waals surface area contributed by atoms with E-state index in [4.69, 9.17) is 5.11 Å². The van der Waals surface area contributed by atoms with E-state index in [-0.39, 0.29) is 11.1 Å². The topological polar surface area (TPSA) is 90.5 Å². The molecule has 0 saturated heterocycles. The molecule has 1 atom stereocenters. The lowest BCUT2D eigenvalue weighted by atomic mass is 10.2. The predicted molar refractivity (Wildman–Crippen MR) is 56.3 cm³/mol. The zero-order valence-electron chi connectivity index (χ0n) is 8.93. The Labute approximate surface area is 91.5 Å². The van der Waals surface area contributed by atoms with Gasteiger partial charge in [-0.05, 0) is 13.0 Å². The number of nitrogens with one attached hydrogen (secondary N) is 1. The van der Waals surface area contributed by atoms with Crippen molar-refractivity contribution in [2.24, 2.45) is 0 Å². The number of carbonyl (C=O) groups is 2. The fourth-order valence-corrected chi connectivity index (χ4v) is 1.09. The minimum Gasteiger partial charge on any atom is -0.480 e. The molecular formula is C10H12N2O4. The van der Waals surface area contributed by atoms with E-state index >= 15 is 0 Å². The number of rotatable bonds is 3. The van der Waals surface area contributed by atoms with Gasteiger partial charge in [-0.25, -0.2) is 4.79 Å². The van der Waals surface area contributed by atoms with Crippen LogP contribution < -0.4 is 5.56 Å². The van der Waals surface area contributed by atoms with E-state index in [0.717, 1.165) is 4.90 Å². The van der Waals surface area contributed by atoms with Crippen molar-refractivity contribution in [3.8, 4) is 0 Å². The molecule has 1 aromatic rings. The van der Waals surface area contributed by atoms with E-state index in [1.54, 1.807) is 0 Å². The van der Waals surface area contributed by atoms with Crippen molar-refractivity contribution in [2.45, 2.75) is 13.0 Å². The zero-order chi connectivity index (χ0) is 12.3. The molecule has 0 aliphatic rings. The van der Waals surface area contributed by atoms with Crippen molar-refractivity contribution < 1.29 is 14.7 Å². The third-order valence-corrected chi connectivity index (χ3v) is 2.29. The number of amides is 1. The smallest absolute Gasteiger partial charge is 0.326 e. The summed E-state index contributed by atoms with van der Waals surface area (Å²) >= 11 is 0. The van der Waals surface area contributed by atoms with E-state index in [9.17, 15) is 14.4 Å². The van der Waals surface area contributed by atoms with Crippen LogP contribution in [0.1, 0.15) is 17.3 Å². The van der Waals surface area contributed by atoms with E-state index < -0.39 is 17.9 Å². The van der Waals surface area contributed by atoms with E-state index in [0.29, 0.717) is 0 Å². The van der Waals surface area contributed by atoms with E-state index in [2.05, 4.69) is 4.98 Å². The molecule has 2 N–H and O–H groups in total. The lowest BCUT2D eigenvalue weighted by molar-refractivity contribution is -0.141. The molecule has 0 aliphatic carbocycles. The first-order valence-electron chi connectivity index (χ1n) is 4.62. The summed E-state index contributed by atoms with van der Waals surface area (Å²) in [5.41, 5.74) is -0.0688. The highest BCUT2D eigenvalue weighted by atomic mass is 16.4. The summed E-state index contributed by atoms with van der Waals surface area (Å²) in [5, 5.41) is 8.74. The second kappa shape index (κ2) is 4.61. The van der Waals surface area contributed by atoms with E-state index in [1.807, 2.05) is 0 Å². The number of aromatic nitrogens is 1. The van der Waals surface area contributed by atoms with Gasteiger partial charge >= 0.3 is 5.97 Å². The number of aliphatic carboxylic acids is 1. The zero-order valence-corrected chi connectivity index (χ0v) is 8.93. The molecule has 0 fully saturated rings. The minimum atomic E-state index is -1.08. The van der Waals surface area contributed by atoms with Gasteiger partial charge in [0.2, 0.25) is 5.56 Å². The maximum atomic E-state index is 11.7. The summed E-state index contributed by atoms with van der Waals surface area (Å²) in [6, 6.07) is 1.65. The molecule has 0 saturated carbocycles. The number of hydrogen-bond acceptors (Lipinski definition) is 3. The van der Waals surface area contributed by atoms with Gasteiger partial charge in [0.15, 0.2) is 0 Å². The molecule has 1 unspecified atom stereocenters. The van der Waals surface area contributed by atoms with Gasteiger partial charge in [-0.3, -0.25) is 9.59 Å². The fourth-order valence-electron chi connectivity index (χ4n) is 1.09. The van der Waals surface area contributed by atoms with Crippen molar-refractivity contribution in [3.05, 3.63) is 34.2 Å². The first kappa shape index (κ1) is 12.0. The molecule has 16 heavy (non-hydrogen) atoms. The predicted octanol–water partition coefficient (Wildman–Crippen LogP) is -0.0800. The fraction of sp³-hybridized carbons (Fsp3) is 0.300. The molecular weight excluding hydrogens is 212 g/mol. The van der Waals surface area contributed by atoms with Gasteiger partial charge in [-0.2, -0.15) is 0 Å². The van der Waals surface area contributed by atoms with Crippen LogP contribution in [0.3, 0.4) is 0 Å². The second-order valence-electron chi connectivity index (χ2n) is 3.37. The second-order valence-corrected chi connectivity index (χ2v) is 3.37. The van der Waals surface area contributed by atoms with Gasteiger partial charge in [0, 0.05) is 19.3 Å². The van der Waals surface area contributed by atoms with Crippen LogP contribution in [0.5, 0.6) is 0 Å². The Bertz CT molecular complexity index is 446. The average Bonchev–Trinajstić information content (AvgIpc) is 2.27. The molecule has 0 aromatic carbocycles. The molecule has 0 aliphatic heterocycles. The van der Waals surface area contributed by atoms with Crippen LogP contribution in [0.4, 0.5) is 0 Å². The van der Waals surface area contributed by atoms with Crippen LogP contribution in [0, 0.1) is 0 Å². The molecule has 1 heterocycles. The number of likely N-dealkylation sites (N-methyl/N-ethyl adjacent to an activating group) is 1. The molecule has 0 bridgehead atoms. The van der Waals surface area contributed by atoms with Crippen LogP contribution in [0.2, 0.25) is 0 Å². The van der Waals surface area contributed by atoms with Crippen LogP contribution in [-0.4, -0.2) is 40.0 Å². The molecule has 1 amide bonds.